The average Bonchev–Trinajstić information content (AvgIpc) is 3.32. The average molecular weight is 287 g/mol. The third-order valence-electron chi connectivity index (χ3n) is 5.45. The molecule has 0 radical (unpaired) electrons. The molecule has 114 valence electrons. The molecule has 3 aliphatic rings. The fraction of sp³-hybridized carbons (Fsp3) is 0.667. The first-order chi connectivity index (χ1) is 10.3. The first-order valence-electron chi connectivity index (χ1n) is 8.36. The van der Waals surface area contributed by atoms with Crippen molar-refractivity contribution < 1.29 is 9.47 Å². The van der Waals surface area contributed by atoms with Crippen LogP contribution in [0.1, 0.15) is 38.2 Å². The Morgan fingerprint density at radius 3 is 2.71 bits per heavy atom. The zero-order valence-corrected chi connectivity index (χ0v) is 12.9. The minimum Gasteiger partial charge on any atom is -0.487 e. The van der Waals surface area contributed by atoms with Crippen LogP contribution in [0, 0.1) is 5.92 Å². The van der Waals surface area contributed by atoms with Crippen LogP contribution in [0.15, 0.2) is 24.3 Å². The van der Waals surface area contributed by atoms with E-state index in [1.807, 2.05) is 6.07 Å². The van der Waals surface area contributed by atoms with Crippen molar-refractivity contribution in [2.75, 3.05) is 19.6 Å². The molecule has 1 aliphatic carbocycles. The van der Waals surface area contributed by atoms with E-state index in [0.717, 1.165) is 37.6 Å². The van der Waals surface area contributed by atoms with Crippen LogP contribution in [0.4, 0.5) is 0 Å². The molecule has 0 bridgehead atoms. The molecule has 2 fully saturated rings. The van der Waals surface area contributed by atoms with Crippen LogP contribution in [0.3, 0.4) is 0 Å². The van der Waals surface area contributed by atoms with E-state index >= 15 is 0 Å². The van der Waals surface area contributed by atoms with Crippen molar-refractivity contribution in [2.24, 2.45) is 5.92 Å². The van der Waals surface area contributed by atoms with Crippen molar-refractivity contribution in [2.45, 2.75) is 50.9 Å². The van der Waals surface area contributed by atoms with Gasteiger partial charge in [0.1, 0.15) is 17.5 Å². The predicted molar refractivity (Wildman–Crippen MR) is 82.5 cm³/mol. The van der Waals surface area contributed by atoms with E-state index < -0.39 is 0 Å². The van der Waals surface area contributed by atoms with Gasteiger partial charge in [-0.2, -0.15) is 0 Å². The number of nitrogens with zero attached hydrogens (tertiary/aromatic N) is 1. The highest BCUT2D eigenvalue weighted by Gasteiger charge is 2.44. The minimum atomic E-state index is -0.0981. The molecule has 1 aromatic carbocycles. The molecule has 1 saturated heterocycles. The van der Waals surface area contributed by atoms with Gasteiger partial charge in [-0.15, -0.1) is 0 Å². The smallest absolute Gasteiger partial charge is 0.125 e. The molecule has 4 rings (SSSR count). The van der Waals surface area contributed by atoms with Gasteiger partial charge in [0.25, 0.3) is 0 Å². The van der Waals surface area contributed by atoms with Gasteiger partial charge >= 0.3 is 0 Å². The molecule has 2 aliphatic heterocycles. The summed E-state index contributed by atoms with van der Waals surface area (Å²) in [5.74, 6) is 1.98. The van der Waals surface area contributed by atoms with Gasteiger partial charge in [0.05, 0.1) is 6.61 Å². The summed E-state index contributed by atoms with van der Waals surface area (Å²) in [5.41, 5.74) is 1.08. The molecule has 1 spiro atoms. The topological polar surface area (TPSA) is 21.7 Å². The standard InChI is InChI=1S/C18H25NO2/c1-14-18(8-10-19(11-9-18)12-15-6-7-15)20-13-16-4-2-3-5-17(16)21-14/h2-5,14-15H,6-13H2,1H3. The molecule has 3 heteroatoms. The zero-order chi connectivity index (χ0) is 14.3. The Labute approximate surface area is 127 Å². The van der Waals surface area contributed by atoms with Crippen molar-refractivity contribution in [1.29, 1.82) is 0 Å². The number of para-hydroxylation sites is 1. The summed E-state index contributed by atoms with van der Waals surface area (Å²) >= 11 is 0. The second kappa shape index (κ2) is 5.29. The Balaban J connectivity index is 1.46. The Kier molecular flexibility index (Phi) is 3.43. The maximum absolute atomic E-state index is 6.39. The zero-order valence-electron chi connectivity index (χ0n) is 12.9. The molecule has 1 atom stereocenters. The van der Waals surface area contributed by atoms with Gasteiger partial charge in [-0.05, 0) is 44.6 Å². The highest BCUT2D eigenvalue weighted by atomic mass is 16.6. The number of hydrogen-bond acceptors (Lipinski definition) is 3. The highest BCUT2D eigenvalue weighted by molar-refractivity contribution is 5.34. The van der Waals surface area contributed by atoms with Gasteiger partial charge in [-0.3, -0.25) is 0 Å². The van der Waals surface area contributed by atoms with Crippen LogP contribution in [-0.2, 0) is 11.3 Å². The van der Waals surface area contributed by atoms with Crippen molar-refractivity contribution in [3.63, 3.8) is 0 Å². The van der Waals surface area contributed by atoms with Gasteiger partial charge in [-0.1, -0.05) is 18.2 Å². The van der Waals surface area contributed by atoms with Crippen LogP contribution in [0.2, 0.25) is 0 Å². The first kappa shape index (κ1) is 13.6. The van der Waals surface area contributed by atoms with Crippen LogP contribution >= 0.6 is 0 Å². The van der Waals surface area contributed by atoms with Gasteiger partial charge in [0, 0.05) is 25.2 Å². The number of likely N-dealkylation sites (tertiary alicyclic amines) is 1. The molecule has 1 aromatic rings. The van der Waals surface area contributed by atoms with Gasteiger partial charge in [0.15, 0.2) is 0 Å². The number of rotatable bonds is 2. The molecule has 21 heavy (non-hydrogen) atoms. The lowest BCUT2D eigenvalue weighted by Gasteiger charge is -2.43. The second-order valence-electron chi connectivity index (χ2n) is 6.97. The van der Waals surface area contributed by atoms with E-state index in [1.165, 1.54) is 24.9 Å². The van der Waals surface area contributed by atoms with E-state index in [0.29, 0.717) is 6.61 Å². The third-order valence-corrected chi connectivity index (χ3v) is 5.45. The van der Waals surface area contributed by atoms with E-state index in [4.69, 9.17) is 9.47 Å². The molecule has 2 heterocycles. The molecular weight excluding hydrogens is 262 g/mol. The quantitative estimate of drug-likeness (QED) is 0.833. The number of fused-ring (bicyclic) bond motifs is 1. The van der Waals surface area contributed by atoms with E-state index in [1.54, 1.807) is 0 Å². The molecule has 0 N–H and O–H groups in total. The van der Waals surface area contributed by atoms with Gasteiger partial charge < -0.3 is 14.4 Å². The fourth-order valence-corrected chi connectivity index (χ4v) is 3.71. The number of ether oxygens (including phenoxy) is 2. The lowest BCUT2D eigenvalue weighted by Crippen LogP contribution is -2.53. The SMILES string of the molecule is CC1Oc2ccccc2COC12CCN(CC1CC1)CC2. The van der Waals surface area contributed by atoms with Crippen molar-refractivity contribution in [3.05, 3.63) is 29.8 Å². The van der Waals surface area contributed by atoms with Crippen molar-refractivity contribution in [1.82, 2.24) is 4.90 Å². The third kappa shape index (κ3) is 2.69. The highest BCUT2D eigenvalue weighted by Crippen LogP contribution is 2.39. The molecule has 0 aromatic heterocycles. The second-order valence-corrected chi connectivity index (χ2v) is 6.97. The monoisotopic (exact) mass is 287 g/mol. The molecule has 1 saturated carbocycles. The predicted octanol–water partition coefficient (Wildman–Crippen LogP) is 3.23. The summed E-state index contributed by atoms with van der Waals surface area (Å²) in [4.78, 5) is 2.62. The van der Waals surface area contributed by atoms with Crippen LogP contribution in [-0.4, -0.2) is 36.2 Å². The summed E-state index contributed by atoms with van der Waals surface area (Å²) in [7, 11) is 0. The first-order valence-corrected chi connectivity index (χ1v) is 8.36. The summed E-state index contributed by atoms with van der Waals surface area (Å²) < 4.78 is 12.6. The fourth-order valence-electron chi connectivity index (χ4n) is 3.71. The van der Waals surface area contributed by atoms with Gasteiger partial charge in [-0.25, -0.2) is 0 Å². The maximum atomic E-state index is 6.39. The Bertz CT molecular complexity index is 504. The molecule has 3 nitrogen and oxygen atoms in total. The lowest BCUT2D eigenvalue weighted by atomic mass is 9.86. The summed E-state index contributed by atoms with van der Waals surface area (Å²) in [6, 6.07) is 8.29. The lowest BCUT2D eigenvalue weighted by molar-refractivity contribution is -0.136. The van der Waals surface area contributed by atoms with Crippen molar-refractivity contribution in [3.8, 4) is 5.75 Å². The normalized spacial score (nSPS) is 28.7. The summed E-state index contributed by atoms with van der Waals surface area (Å²) in [5, 5.41) is 0. The summed E-state index contributed by atoms with van der Waals surface area (Å²) in [6.45, 7) is 6.47. The van der Waals surface area contributed by atoms with E-state index in [-0.39, 0.29) is 11.7 Å². The maximum Gasteiger partial charge on any atom is 0.125 e. The van der Waals surface area contributed by atoms with E-state index in [9.17, 15) is 0 Å². The Hall–Kier alpha value is -1.06. The molecule has 1 unspecified atom stereocenters. The summed E-state index contributed by atoms with van der Waals surface area (Å²) in [6.07, 6.45) is 5.19. The molecule has 0 amide bonds. The number of benzene rings is 1. The number of hydrogen-bond donors (Lipinski definition) is 0. The van der Waals surface area contributed by atoms with Crippen LogP contribution in [0.5, 0.6) is 5.75 Å². The largest absolute Gasteiger partial charge is 0.487 e. The minimum absolute atomic E-state index is 0.0981. The number of piperidine rings is 1. The van der Waals surface area contributed by atoms with Crippen molar-refractivity contribution >= 4 is 0 Å². The van der Waals surface area contributed by atoms with E-state index in [2.05, 4.69) is 30.0 Å². The Morgan fingerprint density at radius 1 is 1.19 bits per heavy atom. The van der Waals surface area contributed by atoms with Gasteiger partial charge in [0.2, 0.25) is 0 Å². The van der Waals surface area contributed by atoms with Crippen LogP contribution < -0.4 is 4.74 Å². The van der Waals surface area contributed by atoms with Crippen LogP contribution in [0.25, 0.3) is 0 Å². The Morgan fingerprint density at radius 2 is 1.95 bits per heavy atom. The molecular formula is C18H25NO2.